The van der Waals surface area contributed by atoms with Crippen LogP contribution in [0.15, 0.2) is 49.1 Å². The first-order valence-corrected chi connectivity index (χ1v) is 7.67. The predicted octanol–water partition coefficient (Wildman–Crippen LogP) is 3.42. The van der Waals surface area contributed by atoms with Crippen LogP contribution in [0.1, 0.15) is 36.7 Å². The van der Waals surface area contributed by atoms with Crippen LogP contribution >= 0.6 is 0 Å². The number of aromatic nitrogens is 4. The van der Waals surface area contributed by atoms with Crippen LogP contribution in [0, 0.1) is 0 Å². The Hall–Kier alpha value is -3.02. The Balaban J connectivity index is 1.86. The minimum Gasteiger partial charge on any atom is -0.319 e. The SMILES string of the molecule is CC(C)(C)c1cncc(C(=O)Nc2cn[nH]c2-c2ccccn2)c1. The molecule has 0 unspecified atom stereocenters. The highest BCUT2D eigenvalue weighted by atomic mass is 16.1. The molecule has 0 aliphatic rings. The van der Waals surface area contributed by atoms with E-state index in [1.165, 1.54) is 0 Å². The van der Waals surface area contributed by atoms with Gasteiger partial charge >= 0.3 is 0 Å². The zero-order chi connectivity index (χ0) is 17.2. The monoisotopic (exact) mass is 321 g/mol. The number of carbonyl (C=O) groups is 1. The Morgan fingerprint density at radius 2 is 2.00 bits per heavy atom. The molecule has 3 aromatic rings. The van der Waals surface area contributed by atoms with Crippen LogP contribution in [0.3, 0.4) is 0 Å². The van der Waals surface area contributed by atoms with Crippen LogP contribution in [0.4, 0.5) is 5.69 Å². The number of rotatable bonds is 3. The molecule has 0 fully saturated rings. The van der Waals surface area contributed by atoms with Crippen molar-refractivity contribution in [3.05, 3.63) is 60.2 Å². The second-order valence-corrected chi connectivity index (χ2v) is 6.54. The van der Waals surface area contributed by atoms with E-state index in [4.69, 9.17) is 0 Å². The minimum atomic E-state index is -0.229. The summed E-state index contributed by atoms with van der Waals surface area (Å²) in [6, 6.07) is 7.43. The fourth-order valence-corrected chi connectivity index (χ4v) is 2.26. The summed E-state index contributed by atoms with van der Waals surface area (Å²) in [5, 5.41) is 9.75. The third-order valence-electron chi connectivity index (χ3n) is 3.68. The van der Waals surface area contributed by atoms with E-state index in [2.05, 4.69) is 46.3 Å². The maximum absolute atomic E-state index is 12.6. The Bertz CT molecular complexity index is 849. The molecule has 0 atom stereocenters. The van der Waals surface area contributed by atoms with Crippen molar-refractivity contribution in [1.29, 1.82) is 0 Å². The van der Waals surface area contributed by atoms with Crippen molar-refractivity contribution < 1.29 is 4.79 Å². The minimum absolute atomic E-state index is 0.0714. The average molecular weight is 321 g/mol. The molecule has 0 saturated heterocycles. The number of amides is 1. The lowest BCUT2D eigenvalue weighted by Crippen LogP contribution is -2.16. The zero-order valence-electron chi connectivity index (χ0n) is 13.9. The van der Waals surface area contributed by atoms with Crippen LogP contribution in [-0.4, -0.2) is 26.1 Å². The Labute approximate surface area is 140 Å². The molecule has 2 N–H and O–H groups in total. The Morgan fingerprint density at radius 3 is 2.71 bits per heavy atom. The number of hydrogen-bond acceptors (Lipinski definition) is 4. The lowest BCUT2D eigenvalue weighted by molar-refractivity contribution is 0.102. The molecule has 24 heavy (non-hydrogen) atoms. The van der Waals surface area contributed by atoms with Gasteiger partial charge in [0.15, 0.2) is 0 Å². The zero-order valence-corrected chi connectivity index (χ0v) is 13.9. The number of pyridine rings is 2. The van der Waals surface area contributed by atoms with Gasteiger partial charge in [0.05, 0.1) is 23.1 Å². The predicted molar refractivity (Wildman–Crippen MR) is 92.7 cm³/mol. The summed E-state index contributed by atoms with van der Waals surface area (Å²) < 4.78 is 0. The second-order valence-electron chi connectivity index (χ2n) is 6.54. The van der Waals surface area contributed by atoms with Crippen molar-refractivity contribution in [1.82, 2.24) is 20.2 Å². The van der Waals surface area contributed by atoms with Gasteiger partial charge in [-0.25, -0.2) is 0 Å². The Kier molecular flexibility index (Phi) is 4.12. The van der Waals surface area contributed by atoms with Crippen molar-refractivity contribution in [2.24, 2.45) is 0 Å². The molecule has 122 valence electrons. The smallest absolute Gasteiger partial charge is 0.257 e. The molecule has 3 rings (SSSR count). The first kappa shape index (κ1) is 15.9. The van der Waals surface area contributed by atoms with Crippen LogP contribution in [-0.2, 0) is 5.41 Å². The maximum Gasteiger partial charge on any atom is 0.257 e. The molecule has 1 amide bonds. The molecule has 0 aliphatic carbocycles. The largest absolute Gasteiger partial charge is 0.319 e. The van der Waals surface area contributed by atoms with Crippen molar-refractivity contribution in [2.75, 3.05) is 5.32 Å². The van der Waals surface area contributed by atoms with Gasteiger partial charge in [-0.3, -0.25) is 19.9 Å². The van der Waals surface area contributed by atoms with Crippen molar-refractivity contribution >= 4 is 11.6 Å². The average Bonchev–Trinajstić information content (AvgIpc) is 3.03. The van der Waals surface area contributed by atoms with E-state index in [1.54, 1.807) is 24.8 Å². The standard InChI is InChI=1S/C18H19N5O/c1-18(2,3)13-8-12(9-19-10-13)17(24)22-15-11-21-23-16(15)14-6-4-5-7-20-14/h4-11H,1-3H3,(H,21,23)(H,22,24). The molecular formula is C18H19N5O. The molecular weight excluding hydrogens is 302 g/mol. The molecule has 0 saturated carbocycles. The quantitative estimate of drug-likeness (QED) is 0.774. The van der Waals surface area contributed by atoms with Gasteiger partial charge < -0.3 is 5.32 Å². The number of carbonyl (C=O) groups excluding carboxylic acids is 1. The molecule has 0 spiro atoms. The van der Waals surface area contributed by atoms with E-state index in [9.17, 15) is 4.79 Å². The third kappa shape index (κ3) is 3.32. The van der Waals surface area contributed by atoms with Gasteiger partial charge in [0.1, 0.15) is 5.69 Å². The van der Waals surface area contributed by atoms with Crippen LogP contribution in [0.25, 0.3) is 11.4 Å². The van der Waals surface area contributed by atoms with Crippen LogP contribution < -0.4 is 5.32 Å². The molecule has 0 radical (unpaired) electrons. The Morgan fingerprint density at radius 1 is 1.17 bits per heavy atom. The summed E-state index contributed by atoms with van der Waals surface area (Å²) >= 11 is 0. The summed E-state index contributed by atoms with van der Waals surface area (Å²) in [6.45, 7) is 6.25. The topological polar surface area (TPSA) is 83.6 Å². The number of nitrogens with zero attached hydrogens (tertiary/aromatic N) is 3. The van der Waals surface area contributed by atoms with E-state index in [0.29, 0.717) is 22.6 Å². The van der Waals surface area contributed by atoms with Gasteiger partial charge in [0, 0.05) is 18.6 Å². The molecule has 6 nitrogen and oxygen atoms in total. The van der Waals surface area contributed by atoms with Crippen LogP contribution in [0.5, 0.6) is 0 Å². The fraction of sp³-hybridized carbons (Fsp3) is 0.222. The molecule has 3 aromatic heterocycles. The van der Waals surface area contributed by atoms with Gasteiger partial charge in [0.2, 0.25) is 0 Å². The van der Waals surface area contributed by atoms with E-state index >= 15 is 0 Å². The first-order valence-electron chi connectivity index (χ1n) is 7.67. The highest BCUT2D eigenvalue weighted by Gasteiger charge is 2.18. The van der Waals surface area contributed by atoms with Gasteiger partial charge in [-0.15, -0.1) is 0 Å². The van der Waals surface area contributed by atoms with E-state index < -0.39 is 0 Å². The summed E-state index contributed by atoms with van der Waals surface area (Å²) in [5.41, 5.74) is 3.41. The van der Waals surface area contributed by atoms with E-state index in [0.717, 1.165) is 5.56 Å². The normalized spacial score (nSPS) is 11.3. The first-order chi connectivity index (χ1) is 11.4. The number of aromatic amines is 1. The van der Waals surface area contributed by atoms with E-state index in [-0.39, 0.29) is 11.3 Å². The maximum atomic E-state index is 12.6. The van der Waals surface area contributed by atoms with Crippen molar-refractivity contribution in [3.8, 4) is 11.4 Å². The van der Waals surface area contributed by atoms with E-state index in [1.807, 2.05) is 24.3 Å². The third-order valence-corrected chi connectivity index (χ3v) is 3.68. The summed E-state index contributed by atoms with van der Waals surface area (Å²) in [6.07, 6.45) is 6.61. The van der Waals surface area contributed by atoms with Gasteiger partial charge in [-0.1, -0.05) is 26.8 Å². The highest BCUT2D eigenvalue weighted by Crippen LogP contribution is 2.25. The van der Waals surface area contributed by atoms with Gasteiger partial charge in [-0.2, -0.15) is 5.10 Å². The van der Waals surface area contributed by atoms with Crippen molar-refractivity contribution in [2.45, 2.75) is 26.2 Å². The lowest BCUT2D eigenvalue weighted by Gasteiger charge is -2.18. The van der Waals surface area contributed by atoms with Gasteiger partial charge in [-0.05, 0) is 29.2 Å². The molecule has 0 aromatic carbocycles. The van der Waals surface area contributed by atoms with Gasteiger partial charge in [0.25, 0.3) is 5.91 Å². The highest BCUT2D eigenvalue weighted by molar-refractivity contribution is 6.05. The number of hydrogen-bond donors (Lipinski definition) is 2. The fourth-order valence-electron chi connectivity index (χ4n) is 2.26. The summed E-state index contributed by atoms with van der Waals surface area (Å²) in [4.78, 5) is 21.0. The molecule has 0 aliphatic heterocycles. The number of H-pyrrole nitrogens is 1. The molecule has 0 bridgehead atoms. The van der Waals surface area contributed by atoms with Crippen molar-refractivity contribution in [3.63, 3.8) is 0 Å². The second kappa shape index (κ2) is 6.23. The lowest BCUT2D eigenvalue weighted by atomic mass is 9.87. The number of nitrogens with one attached hydrogen (secondary N) is 2. The van der Waals surface area contributed by atoms with Crippen LogP contribution in [0.2, 0.25) is 0 Å². The number of anilines is 1. The molecule has 3 heterocycles. The molecule has 6 heteroatoms. The summed E-state index contributed by atoms with van der Waals surface area (Å²) in [5.74, 6) is -0.229. The summed E-state index contributed by atoms with van der Waals surface area (Å²) in [7, 11) is 0.